The molecule has 5 heteroatoms. The van der Waals surface area contributed by atoms with Gasteiger partial charge in [0.15, 0.2) is 6.61 Å². The maximum absolute atomic E-state index is 12.1. The number of hydrogen-bond donors (Lipinski definition) is 1. The number of aryl methyl sites for hydroxylation is 1. The highest BCUT2D eigenvalue weighted by atomic mass is 16.5. The number of amides is 1. The number of rotatable bonds is 5. The molecule has 0 fully saturated rings. The number of carbonyl (C=O) groups excluding carboxylic acids is 1. The molecular weight excluding hydrogens is 326 g/mol. The second-order valence-corrected chi connectivity index (χ2v) is 6.15. The Labute approximate surface area is 151 Å². The maximum atomic E-state index is 12.1. The third-order valence-electron chi connectivity index (χ3n) is 4.41. The molecular formula is C21H19N3O2. The van der Waals surface area contributed by atoms with Gasteiger partial charge >= 0.3 is 0 Å². The van der Waals surface area contributed by atoms with Crippen molar-refractivity contribution < 1.29 is 9.53 Å². The molecule has 130 valence electrons. The molecule has 1 aromatic heterocycles. The predicted octanol–water partition coefficient (Wildman–Crippen LogP) is 3.42. The van der Waals surface area contributed by atoms with Crippen LogP contribution in [0.5, 0.6) is 5.75 Å². The van der Waals surface area contributed by atoms with Crippen molar-refractivity contribution in [1.82, 2.24) is 14.9 Å². The molecule has 26 heavy (non-hydrogen) atoms. The average molecular weight is 345 g/mol. The number of imidazole rings is 1. The number of nitrogens with zero attached hydrogens (tertiary/aromatic N) is 2. The van der Waals surface area contributed by atoms with Crippen molar-refractivity contribution >= 4 is 27.7 Å². The minimum absolute atomic E-state index is 0.0255. The first kappa shape index (κ1) is 16.1. The highest BCUT2D eigenvalue weighted by Crippen LogP contribution is 2.20. The quantitative estimate of drug-likeness (QED) is 0.603. The molecule has 0 aliphatic rings. The van der Waals surface area contributed by atoms with Crippen LogP contribution in [0.2, 0.25) is 0 Å². The Bertz CT molecular complexity index is 1080. The van der Waals surface area contributed by atoms with E-state index in [-0.39, 0.29) is 12.5 Å². The zero-order valence-electron chi connectivity index (χ0n) is 14.5. The molecule has 1 amide bonds. The molecule has 4 rings (SSSR count). The van der Waals surface area contributed by atoms with Crippen molar-refractivity contribution in [2.45, 2.75) is 6.54 Å². The van der Waals surface area contributed by atoms with E-state index in [0.717, 1.165) is 27.6 Å². The van der Waals surface area contributed by atoms with Gasteiger partial charge in [-0.05, 0) is 35.0 Å². The van der Waals surface area contributed by atoms with Crippen LogP contribution in [-0.4, -0.2) is 22.1 Å². The number of aromatic nitrogens is 2. The summed E-state index contributed by atoms with van der Waals surface area (Å²) in [6.07, 6.45) is 0. The van der Waals surface area contributed by atoms with Crippen molar-refractivity contribution in [3.8, 4) is 5.75 Å². The first-order valence-corrected chi connectivity index (χ1v) is 8.49. The lowest BCUT2D eigenvalue weighted by Gasteiger charge is -2.08. The van der Waals surface area contributed by atoms with Gasteiger partial charge in [-0.25, -0.2) is 4.98 Å². The van der Waals surface area contributed by atoms with Crippen LogP contribution in [0, 0.1) is 0 Å². The van der Waals surface area contributed by atoms with E-state index in [1.54, 1.807) is 0 Å². The van der Waals surface area contributed by atoms with Crippen LogP contribution < -0.4 is 10.1 Å². The van der Waals surface area contributed by atoms with Gasteiger partial charge in [-0.3, -0.25) is 4.79 Å². The second-order valence-electron chi connectivity index (χ2n) is 6.15. The molecule has 0 unspecified atom stereocenters. The molecule has 0 spiro atoms. The van der Waals surface area contributed by atoms with Gasteiger partial charge in [0.2, 0.25) is 0 Å². The van der Waals surface area contributed by atoms with E-state index < -0.39 is 0 Å². The first-order chi connectivity index (χ1) is 12.7. The summed E-state index contributed by atoms with van der Waals surface area (Å²) in [7, 11) is 1.95. The van der Waals surface area contributed by atoms with Crippen molar-refractivity contribution in [1.29, 1.82) is 0 Å². The highest BCUT2D eigenvalue weighted by Gasteiger charge is 2.09. The Morgan fingerprint density at radius 1 is 1.04 bits per heavy atom. The zero-order valence-corrected chi connectivity index (χ0v) is 14.5. The van der Waals surface area contributed by atoms with Crippen LogP contribution in [0.15, 0.2) is 66.7 Å². The molecule has 3 aromatic carbocycles. The summed E-state index contributed by atoms with van der Waals surface area (Å²) in [6, 6.07) is 21.7. The minimum Gasteiger partial charge on any atom is -0.484 e. The van der Waals surface area contributed by atoms with Crippen LogP contribution in [0.25, 0.3) is 21.8 Å². The lowest BCUT2D eigenvalue weighted by atomic mass is 10.1. The van der Waals surface area contributed by atoms with Crippen molar-refractivity contribution in [3.05, 3.63) is 72.6 Å². The van der Waals surface area contributed by atoms with Gasteiger partial charge in [0.05, 0.1) is 17.6 Å². The normalized spacial score (nSPS) is 11.0. The van der Waals surface area contributed by atoms with E-state index >= 15 is 0 Å². The summed E-state index contributed by atoms with van der Waals surface area (Å²) in [5, 5.41) is 5.09. The van der Waals surface area contributed by atoms with Gasteiger partial charge in [-0.15, -0.1) is 0 Å². The molecule has 0 radical (unpaired) electrons. The highest BCUT2D eigenvalue weighted by molar-refractivity contribution is 5.84. The molecule has 1 N–H and O–H groups in total. The van der Waals surface area contributed by atoms with E-state index in [1.807, 2.05) is 78.3 Å². The summed E-state index contributed by atoms with van der Waals surface area (Å²) >= 11 is 0. The van der Waals surface area contributed by atoms with Crippen molar-refractivity contribution in [2.24, 2.45) is 7.05 Å². The van der Waals surface area contributed by atoms with Gasteiger partial charge in [-0.1, -0.05) is 42.5 Å². The third kappa shape index (κ3) is 3.24. The predicted molar refractivity (Wildman–Crippen MR) is 102 cm³/mol. The van der Waals surface area contributed by atoms with E-state index in [9.17, 15) is 4.79 Å². The molecule has 0 aliphatic heterocycles. The van der Waals surface area contributed by atoms with Gasteiger partial charge < -0.3 is 14.6 Å². The third-order valence-corrected chi connectivity index (χ3v) is 4.41. The topological polar surface area (TPSA) is 56.2 Å². The summed E-state index contributed by atoms with van der Waals surface area (Å²) < 4.78 is 7.60. The van der Waals surface area contributed by atoms with Gasteiger partial charge in [0.25, 0.3) is 5.91 Å². The average Bonchev–Trinajstić information content (AvgIpc) is 3.00. The summed E-state index contributed by atoms with van der Waals surface area (Å²) in [5.41, 5.74) is 1.97. The molecule has 5 nitrogen and oxygen atoms in total. The summed E-state index contributed by atoms with van der Waals surface area (Å²) in [6.45, 7) is 0.341. The fourth-order valence-electron chi connectivity index (χ4n) is 2.99. The number of nitrogens with one attached hydrogen (secondary N) is 1. The lowest BCUT2D eigenvalue weighted by Crippen LogP contribution is -2.29. The largest absolute Gasteiger partial charge is 0.484 e. The van der Waals surface area contributed by atoms with Crippen LogP contribution in [0.1, 0.15) is 5.82 Å². The number of carbonyl (C=O) groups is 1. The standard InChI is InChI=1S/C21H19N3O2/c1-24-19-9-5-4-8-18(19)23-20(24)13-22-21(25)14-26-17-11-10-15-6-2-3-7-16(15)12-17/h2-12H,13-14H2,1H3,(H,22,25). The molecule has 1 heterocycles. The van der Waals surface area contributed by atoms with Crippen LogP contribution in [-0.2, 0) is 18.4 Å². The Hall–Kier alpha value is -3.34. The SMILES string of the molecule is Cn1c(CNC(=O)COc2ccc3ccccc3c2)nc2ccccc21. The second kappa shape index (κ2) is 6.88. The van der Waals surface area contributed by atoms with Crippen LogP contribution in [0.4, 0.5) is 0 Å². The summed E-state index contributed by atoms with van der Waals surface area (Å²) in [4.78, 5) is 16.7. The Kier molecular flexibility index (Phi) is 4.27. The Balaban J connectivity index is 1.36. The van der Waals surface area contributed by atoms with Crippen molar-refractivity contribution in [2.75, 3.05) is 6.61 Å². The molecule has 0 saturated heterocycles. The number of ether oxygens (including phenoxy) is 1. The van der Waals surface area contributed by atoms with E-state index in [1.165, 1.54) is 0 Å². The van der Waals surface area contributed by atoms with Crippen molar-refractivity contribution in [3.63, 3.8) is 0 Å². The fraction of sp³-hybridized carbons (Fsp3) is 0.143. The van der Waals surface area contributed by atoms with Gasteiger partial charge in [0, 0.05) is 7.05 Å². The molecule has 4 aromatic rings. The molecule has 0 atom stereocenters. The van der Waals surface area contributed by atoms with E-state index in [0.29, 0.717) is 12.3 Å². The summed E-state index contributed by atoms with van der Waals surface area (Å²) in [5.74, 6) is 1.32. The monoisotopic (exact) mass is 345 g/mol. The molecule has 0 saturated carbocycles. The number of benzene rings is 3. The van der Waals surface area contributed by atoms with Gasteiger partial charge in [0.1, 0.15) is 11.6 Å². The van der Waals surface area contributed by atoms with Gasteiger partial charge in [-0.2, -0.15) is 0 Å². The number of para-hydroxylation sites is 2. The fourth-order valence-corrected chi connectivity index (χ4v) is 2.99. The van der Waals surface area contributed by atoms with Crippen LogP contribution in [0.3, 0.4) is 0 Å². The molecule has 0 aliphatic carbocycles. The number of fused-ring (bicyclic) bond motifs is 2. The Morgan fingerprint density at radius 2 is 1.81 bits per heavy atom. The smallest absolute Gasteiger partial charge is 0.258 e. The molecule has 0 bridgehead atoms. The number of hydrogen-bond acceptors (Lipinski definition) is 3. The van der Waals surface area contributed by atoms with Crippen LogP contribution >= 0.6 is 0 Å². The Morgan fingerprint density at radius 3 is 2.65 bits per heavy atom. The maximum Gasteiger partial charge on any atom is 0.258 e. The minimum atomic E-state index is -0.176. The lowest BCUT2D eigenvalue weighted by molar-refractivity contribution is -0.123. The first-order valence-electron chi connectivity index (χ1n) is 8.49. The van der Waals surface area contributed by atoms with E-state index in [4.69, 9.17) is 4.74 Å². The van der Waals surface area contributed by atoms with E-state index in [2.05, 4.69) is 10.3 Å². The zero-order chi connectivity index (χ0) is 17.9.